The zero-order chi connectivity index (χ0) is 22.0. The van der Waals surface area contributed by atoms with Crippen LogP contribution in [-0.2, 0) is 23.9 Å². The van der Waals surface area contributed by atoms with Crippen LogP contribution in [0.4, 0.5) is 0 Å². The van der Waals surface area contributed by atoms with Crippen molar-refractivity contribution in [2.75, 3.05) is 19.8 Å². The molecule has 6 N–H and O–H groups in total. The van der Waals surface area contributed by atoms with E-state index in [1.165, 1.54) is 13.7 Å². The van der Waals surface area contributed by atoms with Crippen molar-refractivity contribution in [2.45, 2.75) is 45.2 Å². The Hall–Kier alpha value is -2.44. The van der Waals surface area contributed by atoms with Gasteiger partial charge in [-0.2, -0.15) is 0 Å². The van der Waals surface area contributed by atoms with Crippen LogP contribution in [0.2, 0.25) is 6.82 Å². The van der Waals surface area contributed by atoms with E-state index in [0.717, 1.165) is 0 Å². The molecule has 1 aliphatic rings. The molecule has 0 heterocycles. The number of aliphatic hydroxyl groups is 2. The van der Waals surface area contributed by atoms with Crippen LogP contribution in [0.3, 0.4) is 0 Å². The van der Waals surface area contributed by atoms with Gasteiger partial charge in [0.1, 0.15) is 13.2 Å². The zero-order valence-electron chi connectivity index (χ0n) is 16.5. The fourth-order valence-corrected chi connectivity index (χ4v) is 3.20. The number of aliphatic carboxylic acids is 1. The maximum atomic E-state index is 12.1. The molecule has 1 aliphatic carbocycles. The maximum Gasteiger partial charge on any atom is 0.371 e. The first-order valence-electron chi connectivity index (χ1n) is 9.31. The third-order valence-electron chi connectivity index (χ3n) is 4.41. The molecule has 29 heavy (non-hydrogen) atoms. The number of amides is 3. The van der Waals surface area contributed by atoms with Gasteiger partial charge in [-0.25, -0.2) is 4.79 Å². The highest BCUT2D eigenvalue weighted by Gasteiger charge is 2.34. The number of aliphatic hydroxyl groups excluding tert-OH is 2. The molecule has 0 saturated heterocycles. The second-order valence-corrected chi connectivity index (χ2v) is 6.80. The summed E-state index contributed by atoms with van der Waals surface area (Å²) in [5.74, 6) is -2.87. The summed E-state index contributed by atoms with van der Waals surface area (Å²) >= 11 is 0. The number of rotatable bonds is 12. The summed E-state index contributed by atoms with van der Waals surface area (Å²) in [4.78, 5) is 46.0. The monoisotopic (exact) mass is 413 g/mol. The van der Waals surface area contributed by atoms with Crippen molar-refractivity contribution in [3.63, 3.8) is 0 Å². The molecule has 1 unspecified atom stereocenters. The number of hydrogen-bond donors (Lipinski definition) is 6. The van der Waals surface area contributed by atoms with Gasteiger partial charge in [-0.15, -0.1) is 0 Å². The molecule has 162 valence electrons. The number of hydrogen-bond acceptors (Lipinski definition) is 7. The van der Waals surface area contributed by atoms with Gasteiger partial charge in [0, 0.05) is 25.0 Å². The minimum Gasteiger partial charge on any atom is -0.478 e. The van der Waals surface area contributed by atoms with Gasteiger partial charge < -0.3 is 35.8 Å². The lowest BCUT2D eigenvalue weighted by molar-refractivity contribution is -0.133. The van der Waals surface area contributed by atoms with Crippen LogP contribution in [0.5, 0.6) is 0 Å². The molecule has 0 saturated carbocycles. The van der Waals surface area contributed by atoms with E-state index in [9.17, 15) is 24.3 Å². The molecular weight excluding hydrogens is 385 g/mol. The van der Waals surface area contributed by atoms with E-state index < -0.39 is 50.1 Å². The van der Waals surface area contributed by atoms with Crippen molar-refractivity contribution in [1.29, 1.82) is 0 Å². The molecule has 0 aromatic rings. The second kappa shape index (κ2) is 12.2. The van der Waals surface area contributed by atoms with Crippen LogP contribution < -0.4 is 15.8 Å². The summed E-state index contributed by atoms with van der Waals surface area (Å²) < 4.78 is 5.62. The first-order chi connectivity index (χ1) is 13.7. The Kier molecular flexibility index (Phi) is 10.3. The summed E-state index contributed by atoms with van der Waals surface area (Å²) in [6.45, 7) is 0.728. The number of carbonyl (C=O) groups is 4. The molecule has 11 nitrogen and oxygen atoms in total. The first kappa shape index (κ1) is 24.6. The summed E-state index contributed by atoms with van der Waals surface area (Å²) in [6.07, 6.45) is 1.82. The van der Waals surface area contributed by atoms with E-state index in [0.29, 0.717) is 12.8 Å². The fraction of sp³-hybridized carbons (Fsp3) is 0.647. The predicted molar refractivity (Wildman–Crippen MR) is 102 cm³/mol. The normalized spacial score (nSPS) is 17.7. The Morgan fingerprint density at radius 1 is 1.24 bits per heavy atom. The Morgan fingerprint density at radius 2 is 1.90 bits per heavy atom. The van der Waals surface area contributed by atoms with E-state index in [-0.39, 0.29) is 30.4 Å². The van der Waals surface area contributed by atoms with Gasteiger partial charge in [0.25, 0.3) is 0 Å². The summed E-state index contributed by atoms with van der Waals surface area (Å²) in [5, 5.41) is 34.8. The highest BCUT2D eigenvalue weighted by molar-refractivity contribution is 6.57. The van der Waals surface area contributed by atoms with Crippen molar-refractivity contribution in [3.05, 3.63) is 11.6 Å². The van der Waals surface area contributed by atoms with Crippen LogP contribution in [0.25, 0.3) is 0 Å². The summed E-state index contributed by atoms with van der Waals surface area (Å²) in [7, 11) is 0. The molecule has 0 bridgehead atoms. The van der Waals surface area contributed by atoms with E-state index in [4.69, 9.17) is 14.9 Å². The van der Waals surface area contributed by atoms with Gasteiger partial charge in [-0.05, 0) is 26.1 Å². The number of nitrogens with one attached hydrogen (secondary N) is 3. The second-order valence-electron chi connectivity index (χ2n) is 6.80. The third-order valence-corrected chi connectivity index (χ3v) is 4.41. The lowest BCUT2D eigenvalue weighted by Gasteiger charge is -2.31. The molecule has 0 aromatic carbocycles. The largest absolute Gasteiger partial charge is 0.478 e. The van der Waals surface area contributed by atoms with Gasteiger partial charge in [-0.3, -0.25) is 14.4 Å². The molecule has 0 spiro atoms. The number of carboxylic acid groups (broad SMARTS) is 1. The Labute approximate surface area is 169 Å². The van der Waals surface area contributed by atoms with Crippen molar-refractivity contribution >= 4 is 30.7 Å². The van der Waals surface area contributed by atoms with E-state index in [2.05, 4.69) is 15.8 Å². The van der Waals surface area contributed by atoms with Crippen molar-refractivity contribution in [1.82, 2.24) is 15.8 Å². The molecular formula is C17H28BN3O8. The average molecular weight is 413 g/mol. The van der Waals surface area contributed by atoms with Crippen LogP contribution in [0, 0.1) is 5.92 Å². The van der Waals surface area contributed by atoms with Gasteiger partial charge in [0.15, 0.2) is 0 Å². The number of ether oxygens (including phenoxy) is 1. The van der Waals surface area contributed by atoms with Gasteiger partial charge in [0.05, 0.1) is 12.1 Å². The van der Waals surface area contributed by atoms with E-state index in [1.54, 1.807) is 6.08 Å². The predicted octanol–water partition coefficient (Wildman–Crippen LogP) is -1.98. The Balaban J connectivity index is 2.77. The van der Waals surface area contributed by atoms with E-state index >= 15 is 0 Å². The molecule has 0 aromatic heterocycles. The van der Waals surface area contributed by atoms with Crippen LogP contribution >= 0.6 is 0 Å². The summed E-state index contributed by atoms with van der Waals surface area (Å²) in [6, 6.07) is -0.615. The SMILES string of the molecule is CB(NC(=O)CO)NC(=O)CO[C@@H](CCO)[C@@H](NC(C)=O)C1C=C(C(=O)O)CC1. The molecule has 0 radical (unpaired) electrons. The average Bonchev–Trinajstić information content (AvgIpc) is 3.13. The quantitative estimate of drug-likeness (QED) is 0.200. The highest BCUT2D eigenvalue weighted by Crippen LogP contribution is 2.29. The first-order valence-corrected chi connectivity index (χ1v) is 9.31. The molecule has 0 aliphatic heterocycles. The minimum absolute atomic E-state index is 0.127. The fourth-order valence-electron chi connectivity index (χ4n) is 3.20. The highest BCUT2D eigenvalue weighted by atomic mass is 16.5. The molecule has 0 fully saturated rings. The van der Waals surface area contributed by atoms with Crippen LogP contribution in [0.15, 0.2) is 11.6 Å². The van der Waals surface area contributed by atoms with Gasteiger partial charge in [-0.1, -0.05) is 6.08 Å². The number of carbonyl (C=O) groups excluding carboxylic acids is 3. The maximum absolute atomic E-state index is 12.1. The topological polar surface area (TPSA) is 174 Å². The number of carboxylic acids is 1. The molecule has 1 rings (SSSR count). The van der Waals surface area contributed by atoms with Crippen LogP contribution in [-0.4, -0.2) is 78.0 Å². The Morgan fingerprint density at radius 3 is 2.41 bits per heavy atom. The minimum atomic E-state index is -1.02. The van der Waals surface area contributed by atoms with Crippen LogP contribution in [0.1, 0.15) is 26.2 Å². The van der Waals surface area contributed by atoms with E-state index in [1.807, 2.05) is 0 Å². The van der Waals surface area contributed by atoms with Gasteiger partial charge >= 0.3 is 13.0 Å². The zero-order valence-corrected chi connectivity index (χ0v) is 16.5. The van der Waals surface area contributed by atoms with Crippen molar-refractivity contribution in [2.24, 2.45) is 5.92 Å². The smallest absolute Gasteiger partial charge is 0.371 e. The molecule has 3 amide bonds. The Bertz CT molecular complexity index is 642. The lowest BCUT2D eigenvalue weighted by atomic mass is 9.80. The van der Waals surface area contributed by atoms with Crippen molar-refractivity contribution < 1.29 is 39.2 Å². The lowest BCUT2D eigenvalue weighted by Crippen LogP contribution is -2.53. The molecule has 12 heteroatoms. The molecule has 3 atom stereocenters. The van der Waals surface area contributed by atoms with Crippen molar-refractivity contribution in [3.8, 4) is 0 Å². The third kappa shape index (κ3) is 8.63. The van der Waals surface area contributed by atoms with Gasteiger partial charge in [0.2, 0.25) is 17.7 Å². The summed E-state index contributed by atoms with van der Waals surface area (Å²) in [5.41, 5.74) is 0.249. The standard InChI is InChI=1S/C17H28BN3O8/c1-10(24)19-16(11-3-4-12(7-11)17(27)28)13(5-6-22)29-9-15(26)21-18(2)20-14(25)8-23/h7,11,13,16,22-23H,3-6,8-9H2,1-2H3,(H,19,24)(H,20,25)(H,21,26)(H,27,28)/t11?,13-,16-/m0/s1.